The van der Waals surface area contributed by atoms with Crippen LogP contribution in [0.4, 0.5) is 13.2 Å². The van der Waals surface area contributed by atoms with Gasteiger partial charge in [-0.2, -0.15) is 13.2 Å². The maximum atomic E-state index is 12.6. The highest BCUT2D eigenvalue weighted by atomic mass is 19.4. The van der Waals surface area contributed by atoms with Gasteiger partial charge in [0, 0.05) is 12.0 Å². The topological polar surface area (TPSA) is 17.1 Å². The summed E-state index contributed by atoms with van der Waals surface area (Å²) < 4.78 is 37.8. The summed E-state index contributed by atoms with van der Waals surface area (Å²) in [7, 11) is 0. The molecular weight excluding hydrogens is 277 g/mol. The van der Waals surface area contributed by atoms with Crippen LogP contribution in [0, 0.1) is 12.8 Å². The summed E-state index contributed by atoms with van der Waals surface area (Å²) in [6.45, 7) is 1.57. The van der Waals surface area contributed by atoms with Crippen molar-refractivity contribution in [3.05, 3.63) is 34.9 Å². The number of hydrogen-bond donors (Lipinski definition) is 0. The molecule has 1 aliphatic rings. The molecule has 1 aliphatic carbocycles. The van der Waals surface area contributed by atoms with E-state index in [1.54, 1.807) is 6.92 Å². The Morgan fingerprint density at radius 1 is 1.19 bits per heavy atom. The normalized spacial score (nSPS) is 17.0. The Morgan fingerprint density at radius 2 is 1.86 bits per heavy atom. The first kappa shape index (κ1) is 16.1. The van der Waals surface area contributed by atoms with Crippen LogP contribution in [-0.4, -0.2) is 5.78 Å². The molecule has 116 valence electrons. The Hall–Kier alpha value is -1.32. The van der Waals surface area contributed by atoms with Gasteiger partial charge in [-0.15, -0.1) is 0 Å². The first-order valence-electron chi connectivity index (χ1n) is 7.59. The minimum absolute atomic E-state index is 0.0354. The fourth-order valence-electron chi connectivity index (χ4n) is 3.10. The van der Waals surface area contributed by atoms with Gasteiger partial charge in [-0.3, -0.25) is 4.79 Å². The van der Waals surface area contributed by atoms with Gasteiger partial charge in [0.2, 0.25) is 0 Å². The molecule has 0 bridgehead atoms. The van der Waals surface area contributed by atoms with E-state index in [1.807, 2.05) is 0 Å². The molecule has 4 heteroatoms. The fourth-order valence-corrected chi connectivity index (χ4v) is 3.10. The van der Waals surface area contributed by atoms with Crippen LogP contribution in [0.15, 0.2) is 18.2 Å². The molecule has 0 N–H and O–H groups in total. The number of hydrogen-bond acceptors (Lipinski definition) is 1. The molecule has 0 aliphatic heterocycles. The highest BCUT2D eigenvalue weighted by molar-refractivity contribution is 5.97. The molecule has 1 aromatic carbocycles. The van der Waals surface area contributed by atoms with E-state index in [0.29, 0.717) is 23.5 Å². The molecule has 21 heavy (non-hydrogen) atoms. The van der Waals surface area contributed by atoms with Crippen molar-refractivity contribution in [3.63, 3.8) is 0 Å². The number of aryl methyl sites for hydroxylation is 1. The first-order chi connectivity index (χ1) is 9.88. The smallest absolute Gasteiger partial charge is 0.294 e. The van der Waals surface area contributed by atoms with E-state index in [4.69, 9.17) is 0 Å². The third kappa shape index (κ3) is 4.32. The van der Waals surface area contributed by atoms with Gasteiger partial charge in [0.25, 0.3) is 0 Å². The zero-order valence-electron chi connectivity index (χ0n) is 12.3. The summed E-state index contributed by atoms with van der Waals surface area (Å²) >= 11 is 0. The molecule has 0 aromatic heterocycles. The van der Waals surface area contributed by atoms with Crippen LogP contribution < -0.4 is 0 Å². The Balaban J connectivity index is 1.99. The lowest BCUT2D eigenvalue weighted by atomic mass is 9.85. The molecule has 0 atom stereocenters. The zero-order valence-corrected chi connectivity index (χ0v) is 12.3. The Kier molecular flexibility index (Phi) is 5.07. The minimum Gasteiger partial charge on any atom is -0.294 e. The Labute approximate surface area is 123 Å². The van der Waals surface area contributed by atoms with Crippen LogP contribution in [0.5, 0.6) is 0 Å². The average molecular weight is 298 g/mol. The van der Waals surface area contributed by atoms with Crippen molar-refractivity contribution in [3.8, 4) is 0 Å². The van der Waals surface area contributed by atoms with Gasteiger partial charge in [-0.25, -0.2) is 0 Å². The number of rotatable bonds is 4. The van der Waals surface area contributed by atoms with E-state index < -0.39 is 11.7 Å². The molecule has 1 nitrogen and oxygen atoms in total. The summed E-state index contributed by atoms with van der Waals surface area (Å²) in [4.78, 5) is 12.2. The monoisotopic (exact) mass is 298 g/mol. The first-order valence-corrected chi connectivity index (χ1v) is 7.59. The van der Waals surface area contributed by atoms with E-state index in [0.717, 1.165) is 18.6 Å². The lowest BCUT2D eigenvalue weighted by Gasteiger charge is -2.21. The van der Waals surface area contributed by atoms with Crippen molar-refractivity contribution < 1.29 is 18.0 Å². The summed E-state index contributed by atoms with van der Waals surface area (Å²) in [6.07, 6.45) is 3.06. The van der Waals surface area contributed by atoms with Crippen LogP contribution in [0.2, 0.25) is 0 Å². The van der Waals surface area contributed by atoms with Gasteiger partial charge in [-0.05, 0) is 37.0 Å². The standard InChI is InChI=1S/C17H21F3O/c1-12-11-14(17(18,19)20)8-9-15(12)16(21)10-7-13-5-3-2-4-6-13/h8-9,11,13H,2-7,10H2,1H3. The molecule has 1 aromatic rings. The van der Waals surface area contributed by atoms with Crippen LogP contribution in [0.25, 0.3) is 0 Å². The Morgan fingerprint density at radius 3 is 2.43 bits per heavy atom. The quantitative estimate of drug-likeness (QED) is 0.665. The predicted molar refractivity (Wildman–Crippen MR) is 76.3 cm³/mol. The largest absolute Gasteiger partial charge is 0.416 e. The fraction of sp³-hybridized carbons (Fsp3) is 0.588. The third-order valence-corrected chi connectivity index (χ3v) is 4.36. The molecule has 2 rings (SSSR count). The minimum atomic E-state index is -4.35. The highest BCUT2D eigenvalue weighted by Gasteiger charge is 2.31. The maximum Gasteiger partial charge on any atom is 0.416 e. The summed E-state index contributed by atoms with van der Waals surface area (Å²) in [5, 5.41) is 0. The van der Waals surface area contributed by atoms with Crippen molar-refractivity contribution in [2.45, 2.75) is 58.0 Å². The number of halogens is 3. The predicted octanol–water partition coefficient (Wildman–Crippen LogP) is 5.56. The van der Waals surface area contributed by atoms with Gasteiger partial charge in [0.05, 0.1) is 5.56 Å². The number of carbonyl (C=O) groups excluding carboxylic acids is 1. The lowest BCUT2D eigenvalue weighted by Crippen LogP contribution is -2.11. The van der Waals surface area contributed by atoms with Gasteiger partial charge in [-0.1, -0.05) is 38.2 Å². The second-order valence-corrected chi connectivity index (χ2v) is 5.99. The average Bonchev–Trinajstić information content (AvgIpc) is 2.45. The number of ketones is 1. The summed E-state index contributed by atoms with van der Waals surface area (Å²) in [5.41, 5.74) is 0.154. The van der Waals surface area contributed by atoms with Crippen LogP contribution in [0.1, 0.15) is 66.4 Å². The Bertz CT molecular complexity index is 499. The summed E-state index contributed by atoms with van der Waals surface area (Å²) in [5.74, 6) is 0.573. The van der Waals surface area contributed by atoms with Crippen molar-refractivity contribution in [2.24, 2.45) is 5.92 Å². The van der Waals surface area contributed by atoms with E-state index in [2.05, 4.69) is 0 Å². The number of alkyl halides is 3. The molecule has 0 amide bonds. The molecule has 0 radical (unpaired) electrons. The molecule has 1 fully saturated rings. The van der Waals surface area contributed by atoms with Gasteiger partial charge in [0.1, 0.15) is 0 Å². The molecule has 0 saturated heterocycles. The van der Waals surface area contributed by atoms with Gasteiger partial charge in [0.15, 0.2) is 5.78 Å². The van der Waals surface area contributed by atoms with Crippen molar-refractivity contribution in [1.82, 2.24) is 0 Å². The third-order valence-electron chi connectivity index (χ3n) is 4.36. The van der Waals surface area contributed by atoms with Gasteiger partial charge >= 0.3 is 6.18 Å². The second kappa shape index (κ2) is 6.63. The molecule has 0 unspecified atom stereocenters. The maximum absolute atomic E-state index is 12.6. The highest BCUT2D eigenvalue weighted by Crippen LogP contribution is 2.31. The number of carbonyl (C=O) groups is 1. The molecular formula is C17H21F3O. The van der Waals surface area contributed by atoms with E-state index in [-0.39, 0.29) is 5.78 Å². The van der Waals surface area contributed by atoms with E-state index in [9.17, 15) is 18.0 Å². The number of benzene rings is 1. The van der Waals surface area contributed by atoms with E-state index in [1.165, 1.54) is 38.2 Å². The summed E-state index contributed by atoms with van der Waals surface area (Å²) in [6, 6.07) is 3.38. The van der Waals surface area contributed by atoms with Crippen molar-refractivity contribution in [1.29, 1.82) is 0 Å². The van der Waals surface area contributed by atoms with Crippen LogP contribution >= 0.6 is 0 Å². The SMILES string of the molecule is Cc1cc(C(F)(F)F)ccc1C(=O)CCC1CCCCC1. The zero-order chi connectivity index (χ0) is 15.5. The van der Waals surface area contributed by atoms with Crippen molar-refractivity contribution >= 4 is 5.78 Å². The van der Waals surface area contributed by atoms with Crippen LogP contribution in [0.3, 0.4) is 0 Å². The number of Topliss-reactive ketones (excluding diaryl/α,β-unsaturated/α-hetero) is 1. The van der Waals surface area contributed by atoms with Gasteiger partial charge < -0.3 is 0 Å². The molecule has 0 spiro atoms. The second-order valence-electron chi connectivity index (χ2n) is 5.99. The molecule has 1 saturated carbocycles. The van der Waals surface area contributed by atoms with E-state index >= 15 is 0 Å². The van der Waals surface area contributed by atoms with Crippen LogP contribution in [-0.2, 0) is 6.18 Å². The van der Waals surface area contributed by atoms with Crippen molar-refractivity contribution in [2.75, 3.05) is 0 Å². The lowest BCUT2D eigenvalue weighted by molar-refractivity contribution is -0.137. The molecule has 0 heterocycles.